The Morgan fingerprint density at radius 3 is 2.93 bits per heavy atom. The third kappa shape index (κ3) is 2.03. The number of nitrogen functional groups attached to an aromatic ring is 1. The van der Waals surface area contributed by atoms with Crippen LogP contribution in [0.2, 0.25) is 5.02 Å². The number of nitrogens with one attached hydrogen (secondary N) is 1. The van der Waals surface area contributed by atoms with Gasteiger partial charge in [0.15, 0.2) is 0 Å². The van der Waals surface area contributed by atoms with E-state index in [0.29, 0.717) is 10.8 Å². The van der Waals surface area contributed by atoms with Gasteiger partial charge >= 0.3 is 0 Å². The van der Waals surface area contributed by atoms with Gasteiger partial charge in [0.25, 0.3) is 0 Å². The molecular formula is C11H12ClN3. The second kappa shape index (κ2) is 4.04. The third-order valence-electron chi connectivity index (χ3n) is 2.24. The second-order valence-electron chi connectivity index (χ2n) is 3.41. The number of hydrogen-bond donors (Lipinski definition) is 2. The topological polar surface area (TPSA) is 50.9 Å². The quantitative estimate of drug-likeness (QED) is 0.818. The molecule has 3 nitrogen and oxygen atoms in total. The first-order valence-electron chi connectivity index (χ1n) is 4.70. The number of hydrogen-bond acceptors (Lipinski definition) is 3. The predicted octanol–water partition coefficient (Wildman–Crippen LogP) is 2.19. The molecule has 0 radical (unpaired) electrons. The molecule has 78 valence electrons. The fraction of sp³-hybridized carbons (Fsp3) is 0.182. The Kier molecular flexibility index (Phi) is 2.75. The third-order valence-corrected chi connectivity index (χ3v) is 2.55. The van der Waals surface area contributed by atoms with Crippen LogP contribution in [0.25, 0.3) is 10.9 Å². The summed E-state index contributed by atoms with van der Waals surface area (Å²) in [5.74, 6) is 0.380. The van der Waals surface area contributed by atoms with E-state index in [0.717, 1.165) is 17.4 Å². The molecule has 0 bridgehead atoms. The summed E-state index contributed by atoms with van der Waals surface area (Å²) in [6.07, 6.45) is 0. The van der Waals surface area contributed by atoms with Gasteiger partial charge in [-0.05, 0) is 24.7 Å². The lowest BCUT2D eigenvalue weighted by atomic mass is 10.1. The van der Waals surface area contributed by atoms with Gasteiger partial charge in [-0.3, -0.25) is 0 Å². The van der Waals surface area contributed by atoms with Gasteiger partial charge in [0, 0.05) is 11.9 Å². The van der Waals surface area contributed by atoms with Crippen LogP contribution < -0.4 is 11.1 Å². The minimum absolute atomic E-state index is 0.380. The standard InChI is InChI=1S/C11H12ClN3/c1-14-6-7-2-3-8-5-9(12)11(13)15-10(8)4-7/h2-5,14H,6H2,1H3,(H2,13,15). The Balaban J connectivity index is 2.56. The van der Waals surface area contributed by atoms with Crippen molar-refractivity contribution in [3.05, 3.63) is 34.9 Å². The number of benzene rings is 1. The molecule has 1 aromatic carbocycles. The summed E-state index contributed by atoms with van der Waals surface area (Å²) >= 11 is 5.89. The van der Waals surface area contributed by atoms with E-state index in [4.69, 9.17) is 17.3 Å². The molecule has 0 aliphatic heterocycles. The first-order chi connectivity index (χ1) is 7.20. The number of nitrogens with two attached hydrogens (primary N) is 1. The van der Waals surface area contributed by atoms with Crippen molar-refractivity contribution < 1.29 is 0 Å². The number of aromatic nitrogens is 1. The van der Waals surface area contributed by atoms with Crippen LogP contribution in [0.4, 0.5) is 5.82 Å². The van der Waals surface area contributed by atoms with E-state index >= 15 is 0 Å². The molecule has 1 heterocycles. The summed E-state index contributed by atoms with van der Waals surface area (Å²) in [5, 5.41) is 4.60. The fourth-order valence-corrected chi connectivity index (χ4v) is 1.68. The van der Waals surface area contributed by atoms with Crippen LogP contribution in [0.15, 0.2) is 24.3 Å². The van der Waals surface area contributed by atoms with E-state index in [1.807, 2.05) is 31.3 Å². The maximum atomic E-state index is 5.89. The van der Waals surface area contributed by atoms with Crippen LogP contribution in [0.1, 0.15) is 5.56 Å². The van der Waals surface area contributed by atoms with Crippen LogP contribution in [0.5, 0.6) is 0 Å². The molecule has 4 heteroatoms. The van der Waals surface area contributed by atoms with E-state index in [-0.39, 0.29) is 0 Å². The van der Waals surface area contributed by atoms with Crippen LogP contribution in [-0.2, 0) is 6.54 Å². The summed E-state index contributed by atoms with van der Waals surface area (Å²) in [6.45, 7) is 0.820. The smallest absolute Gasteiger partial charge is 0.142 e. The number of pyridine rings is 1. The minimum Gasteiger partial charge on any atom is -0.382 e. The zero-order valence-electron chi connectivity index (χ0n) is 8.42. The molecular weight excluding hydrogens is 210 g/mol. The monoisotopic (exact) mass is 221 g/mol. The largest absolute Gasteiger partial charge is 0.382 e. The Labute approximate surface area is 93.3 Å². The highest BCUT2D eigenvalue weighted by Gasteiger charge is 2.02. The van der Waals surface area contributed by atoms with Crippen molar-refractivity contribution in [2.45, 2.75) is 6.54 Å². The summed E-state index contributed by atoms with van der Waals surface area (Å²) in [5.41, 5.74) is 7.71. The van der Waals surface area contributed by atoms with Crippen molar-refractivity contribution in [1.29, 1.82) is 0 Å². The normalized spacial score (nSPS) is 10.8. The number of fused-ring (bicyclic) bond motifs is 1. The molecule has 0 aliphatic carbocycles. The zero-order valence-corrected chi connectivity index (χ0v) is 9.17. The van der Waals surface area contributed by atoms with Crippen molar-refractivity contribution in [3.8, 4) is 0 Å². The highest BCUT2D eigenvalue weighted by atomic mass is 35.5. The van der Waals surface area contributed by atoms with Crippen molar-refractivity contribution in [2.75, 3.05) is 12.8 Å². The number of rotatable bonds is 2. The predicted molar refractivity (Wildman–Crippen MR) is 63.9 cm³/mol. The summed E-state index contributed by atoms with van der Waals surface area (Å²) < 4.78 is 0. The summed E-state index contributed by atoms with van der Waals surface area (Å²) in [7, 11) is 1.91. The molecule has 0 unspecified atom stereocenters. The lowest BCUT2D eigenvalue weighted by molar-refractivity contribution is 0.819. The van der Waals surface area contributed by atoms with E-state index in [1.54, 1.807) is 0 Å². The molecule has 15 heavy (non-hydrogen) atoms. The van der Waals surface area contributed by atoms with Crippen molar-refractivity contribution in [3.63, 3.8) is 0 Å². The summed E-state index contributed by atoms with van der Waals surface area (Å²) in [6, 6.07) is 7.90. The Hall–Kier alpha value is -1.32. The Morgan fingerprint density at radius 2 is 2.20 bits per heavy atom. The maximum absolute atomic E-state index is 5.89. The van der Waals surface area contributed by atoms with Gasteiger partial charge in [0.1, 0.15) is 5.82 Å². The molecule has 3 N–H and O–H groups in total. The Bertz CT molecular complexity index is 496. The van der Waals surface area contributed by atoms with Crippen molar-refractivity contribution in [2.24, 2.45) is 0 Å². The SMILES string of the molecule is CNCc1ccc2cc(Cl)c(N)nc2c1. The van der Waals surface area contributed by atoms with Crippen molar-refractivity contribution in [1.82, 2.24) is 10.3 Å². The van der Waals surface area contributed by atoms with Gasteiger partial charge in [-0.2, -0.15) is 0 Å². The van der Waals surface area contributed by atoms with E-state index in [2.05, 4.69) is 10.3 Å². The molecule has 0 amide bonds. The average Bonchev–Trinajstić information content (AvgIpc) is 2.21. The van der Waals surface area contributed by atoms with E-state index in [1.165, 1.54) is 5.56 Å². The van der Waals surface area contributed by atoms with Gasteiger partial charge in [0.2, 0.25) is 0 Å². The first-order valence-corrected chi connectivity index (χ1v) is 5.08. The molecule has 0 saturated carbocycles. The molecule has 0 fully saturated rings. The van der Waals surface area contributed by atoms with E-state index in [9.17, 15) is 0 Å². The Morgan fingerprint density at radius 1 is 1.40 bits per heavy atom. The second-order valence-corrected chi connectivity index (χ2v) is 3.82. The fourth-order valence-electron chi connectivity index (χ4n) is 1.52. The maximum Gasteiger partial charge on any atom is 0.142 e. The number of halogens is 1. The van der Waals surface area contributed by atoms with Crippen LogP contribution in [0.3, 0.4) is 0 Å². The molecule has 0 spiro atoms. The molecule has 0 atom stereocenters. The van der Waals surface area contributed by atoms with E-state index < -0.39 is 0 Å². The molecule has 0 aliphatic rings. The number of nitrogens with zero attached hydrogens (tertiary/aromatic N) is 1. The van der Waals surface area contributed by atoms with Crippen LogP contribution in [0, 0.1) is 0 Å². The lowest BCUT2D eigenvalue weighted by Crippen LogP contribution is -2.04. The number of anilines is 1. The first kappa shape index (κ1) is 10.2. The molecule has 0 saturated heterocycles. The molecule has 2 aromatic rings. The summed E-state index contributed by atoms with van der Waals surface area (Å²) in [4.78, 5) is 4.24. The minimum atomic E-state index is 0.380. The van der Waals surface area contributed by atoms with Gasteiger partial charge in [-0.1, -0.05) is 23.7 Å². The van der Waals surface area contributed by atoms with Gasteiger partial charge < -0.3 is 11.1 Å². The van der Waals surface area contributed by atoms with Gasteiger partial charge in [-0.15, -0.1) is 0 Å². The van der Waals surface area contributed by atoms with Gasteiger partial charge in [0.05, 0.1) is 10.5 Å². The van der Waals surface area contributed by atoms with Crippen molar-refractivity contribution >= 4 is 28.3 Å². The van der Waals surface area contributed by atoms with Crippen LogP contribution >= 0.6 is 11.6 Å². The molecule has 2 rings (SSSR count). The average molecular weight is 222 g/mol. The lowest BCUT2D eigenvalue weighted by Gasteiger charge is -2.04. The van der Waals surface area contributed by atoms with Crippen LogP contribution in [-0.4, -0.2) is 12.0 Å². The molecule has 1 aromatic heterocycles. The highest BCUT2D eigenvalue weighted by Crippen LogP contribution is 2.23. The zero-order chi connectivity index (χ0) is 10.8. The highest BCUT2D eigenvalue weighted by molar-refractivity contribution is 6.33. The van der Waals surface area contributed by atoms with Gasteiger partial charge in [-0.25, -0.2) is 4.98 Å².